The number of methoxy groups -OCH3 is 2. The van der Waals surface area contributed by atoms with Crippen molar-refractivity contribution in [3.05, 3.63) is 23.8 Å². The minimum atomic E-state index is 0.858. The SMILES string of the molecule is COc1ccc(CN2CCN(C3CC4CCC3C4)CC2)c(OC)c1. The maximum atomic E-state index is 5.55. The normalized spacial score (nSPS) is 30.7. The fourth-order valence-corrected chi connectivity index (χ4v) is 5.13. The maximum absolute atomic E-state index is 5.55. The van der Waals surface area contributed by atoms with Crippen LogP contribution >= 0.6 is 0 Å². The standard InChI is InChI=1S/C20H30N2O2/c1-23-18-6-5-17(20(13-18)24-2)14-21-7-9-22(10-8-21)19-12-15-3-4-16(19)11-15/h5-6,13,15-16,19H,3-4,7-12,14H2,1-2H3. The van der Waals surface area contributed by atoms with Crippen LogP contribution in [0.3, 0.4) is 0 Å². The van der Waals surface area contributed by atoms with Crippen molar-refractivity contribution >= 4 is 0 Å². The smallest absolute Gasteiger partial charge is 0.127 e. The zero-order chi connectivity index (χ0) is 16.5. The summed E-state index contributed by atoms with van der Waals surface area (Å²) in [5, 5.41) is 0. The van der Waals surface area contributed by atoms with E-state index in [1.807, 2.05) is 12.1 Å². The van der Waals surface area contributed by atoms with Crippen LogP contribution in [0.2, 0.25) is 0 Å². The average Bonchev–Trinajstić information content (AvgIpc) is 3.26. The molecule has 1 aromatic carbocycles. The van der Waals surface area contributed by atoms with Crippen LogP contribution in [0.5, 0.6) is 11.5 Å². The van der Waals surface area contributed by atoms with Gasteiger partial charge in [-0.15, -0.1) is 0 Å². The Bertz CT molecular complexity index is 569. The van der Waals surface area contributed by atoms with Gasteiger partial charge in [0, 0.05) is 50.4 Å². The summed E-state index contributed by atoms with van der Waals surface area (Å²) in [5.41, 5.74) is 1.26. The minimum absolute atomic E-state index is 0.858. The number of hydrogen-bond acceptors (Lipinski definition) is 4. The molecule has 1 saturated heterocycles. The van der Waals surface area contributed by atoms with Crippen molar-refractivity contribution < 1.29 is 9.47 Å². The lowest BCUT2D eigenvalue weighted by Crippen LogP contribution is -2.51. The molecule has 0 aromatic heterocycles. The predicted molar refractivity (Wildman–Crippen MR) is 95.6 cm³/mol. The van der Waals surface area contributed by atoms with E-state index in [-0.39, 0.29) is 0 Å². The molecule has 0 radical (unpaired) electrons. The van der Waals surface area contributed by atoms with Gasteiger partial charge in [0.25, 0.3) is 0 Å². The van der Waals surface area contributed by atoms with E-state index in [0.717, 1.165) is 35.9 Å². The zero-order valence-corrected chi connectivity index (χ0v) is 15.0. The second kappa shape index (κ2) is 6.93. The first-order chi connectivity index (χ1) is 11.8. The molecular weight excluding hydrogens is 300 g/mol. The average molecular weight is 330 g/mol. The van der Waals surface area contributed by atoms with Crippen LogP contribution in [0, 0.1) is 11.8 Å². The lowest BCUT2D eigenvalue weighted by atomic mass is 9.93. The molecule has 4 heteroatoms. The number of hydrogen-bond donors (Lipinski definition) is 0. The van der Waals surface area contributed by atoms with E-state index in [2.05, 4.69) is 15.9 Å². The Hall–Kier alpha value is -1.26. The number of piperazine rings is 1. The van der Waals surface area contributed by atoms with E-state index in [9.17, 15) is 0 Å². The van der Waals surface area contributed by atoms with Crippen molar-refractivity contribution in [1.82, 2.24) is 9.80 Å². The minimum Gasteiger partial charge on any atom is -0.497 e. The number of fused-ring (bicyclic) bond motifs is 2. The van der Waals surface area contributed by atoms with Crippen LogP contribution in [-0.4, -0.2) is 56.2 Å². The molecule has 24 heavy (non-hydrogen) atoms. The molecule has 132 valence electrons. The van der Waals surface area contributed by atoms with Gasteiger partial charge in [-0.3, -0.25) is 9.80 Å². The molecule has 4 nitrogen and oxygen atoms in total. The van der Waals surface area contributed by atoms with Gasteiger partial charge in [0.15, 0.2) is 0 Å². The molecule has 1 aromatic rings. The van der Waals surface area contributed by atoms with E-state index in [0.29, 0.717) is 0 Å². The molecule has 0 N–H and O–H groups in total. The number of ether oxygens (including phenoxy) is 2. The van der Waals surface area contributed by atoms with Crippen LogP contribution in [-0.2, 0) is 6.54 Å². The number of nitrogens with zero attached hydrogens (tertiary/aromatic N) is 2. The highest BCUT2D eigenvalue weighted by Crippen LogP contribution is 2.46. The third-order valence-electron chi connectivity index (χ3n) is 6.46. The van der Waals surface area contributed by atoms with Gasteiger partial charge < -0.3 is 9.47 Å². The second-order valence-electron chi connectivity index (χ2n) is 7.73. The maximum Gasteiger partial charge on any atom is 0.127 e. The predicted octanol–water partition coefficient (Wildman–Crippen LogP) is 3.01. The highest BCUT2D eigenvalue weighted by atomic mass is 16.5. The molecule has 2 aliphatic carbocycles. The summed E-state index contributed by atoms with van der Waals surface area (Å²) < 4.78 is 10.8. The summed E-state index contributed by atoms with van der Waals surface area (Å²) in [6, 6.07) is 7.05. The number of benzene rings is 1. The molecular formula is C20H30N2O2. The van der Waals surface area contributed by atoms with E-state index < -0.39 is 0 Å². The highest BCUT2D eigenvalue weighted by Gasteiger charge is 2.42. The molecule has 0 amide bonds. The van der Waals surface area contributed by atoms with Crippen molar-refractivity contribution in [3.63, 3.8) is 0 Å². The van der Waals surface area contributed by atoms with Gasteiger partial charge in [0.2, 0.25) is 0 Å². The topological polar surface area (TPSA) is 24.9 Å². The van der Waals surface area contributed by atoms with Gasteiger partial charge in [0.05, 0.1) is 14.2 Å². The van der Waals surface area contributed by atoms with Crippen LogP contribution in [0.4, 0.5) is 0 Å². The van der Waals surface area contributed by atoms with Gasteiger partial charge in [-0.2, -0.15) is 0 Å². The Balaban J connectivity index is 1.33. The van der Waals surface area contributed by atoms with Crippen molar-refractivity contribution in [2.75, 3.05) is 40.4 Å². The summed E-state index contributed by atoms with van der Waals surface area (Å²) in [6.45, 7) is 5.77. The van der Waals surface area contributed by atoms with E-state index in [4.69, 9.17) is 9.47 Å². The zero-order valence-electron chi connectivity index (χ0n) is 15.0. The molecule has 1 aliphatic heterocycles. The van der Waals surface area contributed by atoms with Crippen molar-refractivity contribution in [2.24, 2.45) is 11.8 Å². The third kappa shape index (κ3) is 3.14. The third-order valence-corrected chi connectivity index (χ3v) is 6.46. The Kier molecular flexibility index (Phi) is 4.68. The fraction of sp³-hybridized carbons (Fsp3) is 0.700. The Morgan fingerprint density at radius 3 is 2.46 bits per heavy atom. The lowest BCUT2D eigenvalue weighted by molar-refractivity contribution is 0.0676. The molecule has 3 fully saturated rings. The molecule has 2 saturated carbocycles. The van der Waals surface area contributed by atoms with Crippen molar-refractivity contribution in [3.8, 4) is 11.5 Å². The first kappa shape index (κ1) is 16.2. The molecule has 2 bridgehead atoms. The van der Waals surface area contributed by atoms with Crippen LogP contribution in [0.25, 0.3) is 0 Å². The van der Waals surface area contributed by atoms with E-state index >= 15 is 0 Å². The second-order valence-corrected chi connectivity index (χ2v) is 7.73. The highest BCUT2D eigenvalue weighted by molar-refractivity contribution is 5.40. The van der Waals surface area contributed by atoms with Gasteiger partial charge in [-0.1, -0.05) is 12.5 Å². The summed E-state index contributed by atoms with van der Waals surface area (Å²) in [6.07, 6.45) is 5.96. The van der Waals surface area contributed by atoms with Crippen LogP contribution in [0.15, 0.2) is 18.2 Å². The molecule has 3 unspecified atom stereocenters. The first-order valence-corrected chi connectivity index (χ1v) is 9.44. The van der Waals surface area contributed by atoms with Gasteiger partial charge in [-0.25, -0.2) is 0 Å². The summed E-state index contributed by atoms with van der Waals surface area (Å²) in [4.78, 5) is 5.35. The van der Waals surface area contributed by atoms with Crippen LogP contribution in [0.1, 0.15) is 31.2 Å². The first-order valence-electron chi connectivity index (χ1n) is 9.44. The van der Waals surface area contributed by atoms with Crippen LogP contribution < -0.4 is 9.47 Å². The molecule has 3 aliphatic rings. The van der Waals surface area contributed by atoms with E-state index in [1.165, 1.54) is 57.4 Å². The van der Waals surface area contributed by atoms with Gasteiger partial charge >= 0.3 is 0 Å². The fourth-order valence-electron chi connectivity index (χ4n) is 5.13. The Morgan fingerprint density at radius 1 is 1.00 bits per heavy atom. The van der Waals surface area contributed by atoms with Gasteiger partial charge in [-0.05, 0) is 37.2 Å². The summed E-state index contributed by atoms with van der Waals surface area (Å²) >= 11 is 0. The lowest BCUT2D eigenvalue weighted by Gasteiger charge is -2.41. The summed E-state index contributed by atoms with van der Waals surface area (Å²) in [5.74, 6) is 3.84. The molecule has 1 heterocycles. The monoisotopic (exact) mass is 330 g/mol. The van der Waals surface area contributed by atoms with Gasteiger partial charge in [0.1, 0.15) is 11.5 Å². The molecule has 0 spiro atoms. The van der Waals surface area contributed by atoms with Crippen molar-refractivity contribution in [1.29, 1.82) is 0 Å². The molecule has 4 rings (SSSR count). The molecule has 3 atom stereocenters. The number of rotatable bonds is 5. The summed E-state index contributed by atoms with van der Waals surface area (Å²) in [7, 11) is 3.44. The van der Waals surface area contributed by atoms with Crippen molar-refractivity contribution in [2.45, 2.75) is 38.3 Å². The Labute approximate surface area is 145 Å². The Morgan fingerprint density at radius 2 is 1.83 bits per heavy atom. The van der Waals surface area contributed by atoms with E-state index in [1.54, 1.807) is 14.2 Å². The largest absolute Gasteiger partial charge is 0.497 e. The quantitative estimate of drug-likeness (QED) is 0.828.